The second-order valence-corrected chi connectivity index (χ2v) is 2.69. The summed E-state index contributed by atoms with van der Waals surface area (Å²) in [5.41, 5.74) is 5.73. The van der Waals surface area contributed by atoms with E-state index in [1.165, 1.54) is 11.3 Å². The lowest BCUT2D eigenvalue weighted by Gasteiger charge is -1.95. The van der Waals surface area contributed by atoms with E-state index in [0.29, 0.717) is 5.06 Å². The number of hydrogen-bond donors (Lipinski definition) is 1. The van der Waals surface area contributed by atoms with Crippen LogP contribution in [0.15, 0.2) is 11.4 Å². The highest BCUT2D eigenvalue weighted by atomic mass is 32.1. The lowest BCUT2D eigenvalue weighted by Crippen LogP contribution is -2.15. The average molecular weight is 157 g/mol. The number of primary amides is 1. The van der Waals surface area contributed by atoms with Gasteiger partial charge in [-0.15, -0.1) is 11.3 Å². The number of carbonyl (C=O) groups is 1. The minimum absolute atomic E-state index is 0.576. The Morgan fingerprint density at radius 3 is 2.90 bits per heavy atom. The van der Waals surface area contributed by atoms with Gasteiger partial charge >= 0.3 is 6.09 Å². The minimum atomic E-state index is -0.759. The molecule has 1 aromatic heterocycles. The van der Waals surface area contributed by atoms with Crippen LogP contribution in [-0.2, 0) is 0 Å². The first-order valence-corrected chi connectivity index (χ1v) is 3.59. The van der Waals surface area contributed by atoms with Crippen molar-refractivity contribution in [1.29, 1.82) is 0 Å². The molecule has 0 aliphatic carbocycles. The predicted molar refractivity (Wildman–Crippen MR) is 39.3 cm³/mol. The quantitative estimate of drug-likeness (QED) is 0.671. The highest BCUT2D eigenvalue weighted by Gasteiger charge is 2.02. The molecule has 2 N–H and O–H groups in total. The topological polar surface area (TPSA) is 52.3 Å². The molecule has 0 saturated carbocycles. The van der Waals surface area contributed by atoms with E-state index in [-0.39, 0.29) is 0 Å². The van der Waals surface area contributed by atoms with Gasteiger partial charge in [0.25, 0.3) is 0 Å². The second-order valence-electron chi connectivity index (χ2n) is 1.81. The van der Waals surface area contributed by atoms with E-state index < -0.39 is 6.09 Å². The van der Waals surface area contributed by atoms with Gasteiger partial charge in [0.05, 0.1) is 0 Å². The zero-order chi connectivity index (χ0) is 7.56. The summed E-state index contributed by atoms with van der Waals surface area (Å²) in [7, 11) is 0. The van der Waals surface area contributed by atoms with Crippen molar-refractivity contribution in [1.82, 2.24) is 0 Å². The molecule has 0 aromatic carbocycles. The third kappa shape index (κ3) is 1.48. The Morgan fingerprint density at radius 1 is 1.80 bits per heavy atom. The van der Waals surface area contributed by atoms with Gasteiger partial charge in [-0.05, 0) is 18.4 Å². The smallest absolute Gasteiger partial charge is 0.399 e. The van der Waals surface area contributed by atoms with E-state index in [9.17, 15) is 4.79 Å². The molecule has 0 saturated heterocycles. The molecule has 1 heterocycles. The minimum Gasteiger partial charge on any atom is -0.399 e. The molecule has 54 valence electrons. The van der Waals surface area contributed by atoms with Gasteiger partial charge in [-0.3, -0.25) is 0 Å². The predicted octanol–water partition coefficient (Wildman–Crippen LogP) is 1.51. The van der Waals surface area contributed by atoms with Crippen LogP contribution in [0.4, 0.5) is 4.79 Å². The summed E-state index contributed by atoms with van der Waals surface area (Å²) >= 11 is 1.35. The molecule has 0 bridgehead atoms. The normalized spacial score (nSPS) is 9.30. The van der Waals surface area contributed by atoms with Crippen LogP contribution in [-0.4, -0.2) is 6.09 Å². The van der Waals surface area contributed by atoms with Crippen molar-refractivity contribution >= 4 is 17.4 Å². The van der Waals surface area contributed by atoms with Crippen molar-refractivity contribution < 1.29 is 9.53 Å². The van der Waals surface area contributed by atoms with Gasteiger partial charge in [0.2, 0.25) is 0 Å². The van der Waals surface area contributed by atoms with Crippen LogP contribution in [0.2, 0.25) is 0 Å². The highest BCUT2D eigenvalue weighted by molar-refractivity contribution is 7.12. The third-order valence-electron chi connectivity index (χ3n) is 1.01. The zero-order valence-electron chi connectivity index (χ0n) is 5.46. The molecule has 1 amide bonds. The van der Waals surface area contributed by atoms with E-state index in [0.717, 1.165) is 5.56 Å². The number of nitrogens with two attached hydrogens (primary N) is 1. The van der Waals surface area contributed by atoms with Crippen molar-refractivity contribution in [2.45, 2.75) is 6.92 Å². The summed E-state index contributed by atoms with van der Waals surface area (Å²) in [6.45, 7) is 1.86. The van der Waals surface area contributed by atoms with Gasteiger partial charge < -0.3 is 10.5 Å². The van der Waals surface area contributed by atoms with Gasteiger partial charge in [-0.1, -0.05) is 0 Å². The standard InChI is InChI=1S/C6H7NO2S/c1-4-2-3-10-5(4)9-6(7)8/h2-3H,1H3,(H2,7,8). The molecule has 10 heavy (non-hydrogen) atoms. The Bertz CT molecular complexity index is 244. The fourth-order valence-corrected chi connectivity index (χ4v) is 1.33. The maximum atomic E-state index is 10.2. The molecular formula is C6H7NO2S. The molecule has 0 aliphatic rings. The zero-order valence-corrected chi connectivity index (χ0v) is 6.27. The van der Waals surface area contributed by atoms with E-state index in [1.54, 1.807) is 0 Å². The molecular weight excluding hydrogens is 150 g/mol. The van der Waals surface area contributed by atoms with Gasteiger partial charge in [0.15, 0.2) is 5.06 Å². The van der Waals surface area contributed by atoms with Crippen LogP contribution < -0.4 is 10.5 Å². The summed E-state index contributed by atoms with van der Waals surface area (Å²) in [5, 5.41) is 2.42. The van der Waals surface area contributed by atoms with Crippen molar-refractivity contribution in [3.05, 3.63) is 17.0 Å². The van der Waals surface area contributed by atoms with Gasteiger partial charge in [-0.25, -0.2) is 4.79 Å². The molecule has 0 fully saturated rings. The molecule has 1 rings (SSSR count). The van der Waals surface area contributed by atoms with Crippen LogP contribution >= 0.6 is 11.3 Å². The van der Waals surface area contributed by atoms with Crippen molar-refractivity contribution in [2.75, 3.05) is 0 Å². The number of hydrogen-bond acceptors (Lipinski definition) is 3. The lowest BCUT2D eigenvalue weighted by molar-refractivity contribution is 0.212. The molecule has 0 unspecified atom stereocenters. The van der Waals surface area contributed by atoms with Gasteiger partial charge in [-0.2, -0.15) is 0 Å². The summed E-state index contributed by atoms with van der Waals surface area (Å²) < 4.78 is 4.64. The number of ether oxygens (including phenoxy) is 1. The first-order valence-electron chi connectivity index (χ1n) is 2.71. The maximum absolute atomic E-state index is 10.2. The maximum Gasteiger partial charge on any atom is 0.410 e. The van der Waals surface area contributed by atoms with Gasteiger partial charge in [0, 0.05) is 5.56 Å². The van der Waals surface area contributed by atoms with Crippen LogP contribution in [0.3, 0.4) is 0 Å². The fraction of sp³-hybridized carbons (Fsp3) is 0.167. The van der Waals surface area contributed by atoms with E-state index in [2.05, 4.69) is 4.74 Å². The van der Waals surface area contributed by atoms with Crippen LogP contribution in [0.5, 0.6) is 5.06 Å². The van der Waals surface area contributed by atoms with Crippen molar-refractivity contribution in [2.24, 2.45) is 5.73 Å². The Morgan fingerprint density at radius 2 is 2.50 bits per heavy atom. The largest absolute Gasteiger partial charge is 0.410 e. The summed E-state index contributed by atoms with van der Waals surface area (Å²) in [6, 6.07) is 1.86. The molecule has 3 nitrogen and oxygen atoms in total. The molecule has 0 atom stereocenters. The van der Waals surface area contributed by atoms with Crippen molar-refractivity contribution in [3.63, 3.8) is 0 Å². The Kier molecular flexibility index (Phi) is 1.91. The Labute approximate surface area is 62.4 Å². The van der Waals surface area contributed by atoms with E-state index in [1.807, 2.05) is 18.4 Å². The number of amides is 1. The Balaban J connectivity index is 2.74. The van der Waals surface area contributed by atoms with E-state index in [4.69, 9.17) is 5.73 Å². The molecule has 0 radical (unpaired) electrons. The first kappa shape index (κ1) is 7.08. The SMILES string of the molecule is Cc1ccsc1OC(N)=O. The molecule has 0 aliphatic heterocycles. The van der Waals surface area contributed by atoms with E-state index >= 15 is 0 Å². The molecule has 1 aromatic rings. The number of aryl methyl sites for hydroxylation is 1. The monoisotopic (exact) mass is 157 g/mol. The number of carbonyl (C=O) groups excluding carboxylic acids is 1. The highest BCUT2D eigenvalue weighted by Crippen LogP contribution is 2.24. The average Bonchev–Trinajstić information content (AvgIpc) is 2.15. The third-order valence-corrected chi connectivity index (χ3v) is 1.90. The number of rotatable bonds is 1. The number of thiophene rings is 1. The second kappa shape index (κ2) is 2.70. The Hall–Kier alpha value is -1.03. The van der Waals surface area contributed by atoms with Crippen LogP contribution in [0.25, 0.3) is 0 Å². The van der Waals surface area contributed by atoms with Crippen LogP contribution in [0.1, 0.15) is 5.56 Å². The summed E-state index contributed by atoms with van der Waals surface area (Å²) in [6.07, 6.45) is -0.759. The van der Waals surface area contributed by atoms with Gasteiger partial charge in [0.1, 0.15) is 0 Å². The first-order chi connectivity index (χ1) is 4.70. The van der Waals surface area contributed by atoms with Crippen LogP contribution in [0, 0.1) is 6.92 Å². The fourth-order valence-electron chi connectivity index (χ4n) is 0.555. The van der Waals surface area contributed by atoms with Crippen molar-refractivity contribution in [3.8, 4) is 5.06 Å². The summed E-state index contributed by atoms with van der Waals surface area (Å²) in [4.78, 5) is 10.2. The molecule has 0 spiro atoms. The molecule has 4 heteroatoms. The summed E-state index contributed by atoms with van der Waals surface area (Å²) in [5.74, 6) is 0. The lowest BCUT2D eigenvalue weighted by atomic mass is 10.4.